The van der Waals surface area contributed by atoms with E-state index in [1.165, 1.54) is 12.0 Å². The number of benzene rings is 1. The lowest BCUT2D eigenvalue weighted by atomic mass is 9.80. The zero-order chi connectivity index (χ0) is 14.1. The zero-order valence-electron chi connectivity index (χ0n) is 12.6. The van der Waals surface area contributed by atoms with Gasteiger partial charge in [-0.3, -0.25) is 0 Å². The van der Waals surface area contributed by atoms with Crippen LogP contribution in [0.4, 0.5) is 0 Å². The number of rotatable bonds is 2. The molecule has 2 nitrogen and oxygen atoms in total. The van der Waals surface area contributed by atoms with Gasteiger partial charge in [-0.05, 0) is 73.6 Å². The molecule has 0 bridgehead atoms. The van der Waals surface area contributed by atoms with E-state index in [0.717, 1.165) is 55.3 Å². The smallest absolute Gasteiger partial charge is 0.120 e. The van der Waals surface area contributed by atoms with E-state index in [0.29, 0.717) is 6.10 Å². The highest BCUT2D eigenvalue weighted by atomic mass is 16.5. The molecule has 2 aliphatic carbocycles. The molecular weight excluding hydrogens is 248 g/mol. The predicted molar refractivity (Wildman–Crippen MR) is 80.9 cm³/mol. The van der Waals surface area contributed by atoms with Gasteiger partial charge in [0.25, 0.3) is 0 Å². The van der Waals surface area contributed by atoms with Crippen LogP contribution in [0, 0.1) is 11.8 Å². The van der Waals surface area contributed by atoms with E-state index in [-0.39, 0.29) is 6.10 Å². The van der Waals surface area contributed by atoms with Crippen molar-refractivity contribution in [3.8, 4) is 5.75 Å². The average Bonchev–Trinajstić information content (AvgIpc) is 2.44. The van der Waals surface area contributed by atoms with E-state index in [2.05, 4.69) is 32.0 Å². The van der Waals surface area contributed by atoms with Gasteiger partial charge in [0.2, 0.25) is 0 Å². The Morgan fingerprint density at radius 3 is 2.75 bits per heavy atom. The Morgan fingerprint density at radius 2 is 1.95 bits per heavy atom. The van der Waals surface area contributed by atoms with Crippen molar-refractivity contribution >= 4 is 0 Å². The first-order valence-electron chi connectivity index (χ1n) is 8.11. The molecule has 4 unspecified atom stereocenters. The van der Waals surface area contributed by atoms with Crippen molar-refractivity contribution in [3.05, 3.63) is 29.3 Å². The Hall–Kier alpha value is -1.02. The van der Waals surface area contributed by atoms with Gasteiger partial charge in [-0.25, -0.2) is 0 Å². The second kappa shape index (κ2) is 5.77. The van der Waals surface area contributed by atoms with Crippen molar-refractivity contribution in [2.45, 2.75) is 64.6 Å². The molecule has 1 aromatic rings. The van der Waals surface area contributed by atoms with Crippen LogP contribution in [0.2, 0.25) is 0 Å². The minimum atomic E-state index is -0.299. The van der Waals surface area contributed by atoms with E-state index in [9.17, 15) is 5.11 Å². The third kappa shape index (κ3) is 2.85. The van der Waals surface area contributed by atoms with Gasteiger partial charge in [0.05, 0.1) is 12.2 Å². The maximum absolute atomic E-state index is 10.1. The number of hydrogen-bond acceptors (Lipinski definition) is 2. The van der Waals surface area contributed by atoms with Gasteiger partial charge in [0, 0.05) is 0 Å². The molecule has 4 atom stereocenters. The van der Waals surface area contributed by atoms with Crippen LogP contribution in [-0.2, 0) is 6.42 Å². The monoisotopic (exact) mass is 274 g/mol. The summed E-state index contributed by atoms with van der Waals surface area (Å²) in [6, 6.07) is 6.30. The summed E-state index contributed by atoms with van der Waals surface area (Å²) in [6.07, 6.45) is 6.68. The van der Waals surface area contributed by atoms with Crippen LogP contribution < -0.4 is 4.74 Å². The van der Waals surface area contributed by atoms with Crippen molar-refractivity contribution < 1.29 is 9.84 Å². The lowest BCUT2D eigenvalue weighted by molar-refractivity contribution is 0.0997. The average molecular weight is 274 g/mol. The van der Waals surface area contributed by atoms with Crippen LogP contribution in [0.15, 0.2) is 18.2 Å². The molecule has 0 spiro atoms. The van der Waals surface area contributed by atoms with Gasteiger partial charge in [-0.15, -0.1) is 0 Å². The summed E-state index contributed by atoms with van der Waals surface area (Å²) in [5, 5.41) is 10.1. The number of aliphatic hydroxyl groups is 1. The van der Waals surface area contributed by atoms with E-state index in [1.807, 2.05) is 0 Å². The molecule has 1 N–H and O–H groups in total. The molecule has 20 heavy (non-hydrogen) atoms. The fraction of sp³-hybridized carbons (Fsp3) is 0.667. The minimum absolute atomic E-state index is 0.299. The molecule has 1 fully saturated rings. The Morgan fingerprint density at radius 1 is 1.10 bits per heavy atom. The molecule has 0 saturated heterocycles. The summed E-state index contributed by atoms with van der Waals surface area (Å²) in [4.78, 5) is 0. The largest absolute Gasteiger partial charge is 0.490 e. The Balaban J connectivity index is 1.70. The molecule has 1 aromatic carbocycles. The topological polar surface area (TPSA) is 29.5 Å². The van der Waals surface area contributed by atoms with Crippen molar-refractivity contribution in [2.24, 2.45) is 11.8 Å². The van der Waals surface area contributed by atoms with Crippen LogP contribution >= 0.6 is 0 Å². The second-order valence-electron chi connectivity index (χ2n) is 6.78. The van der Waals surface area contributed by atoms with Gasteiger partial charge in [0.1, 0.15) is 5.75 Å². The maximum atomic E-state index is 10.1. The van der Waals surface area contributed by atoms with Gasteiger partial charge in [0.15, 0.2) is 0 Å². The van der Waals surface area contributed by atoms with Crippen LogP contribution in [-0.4, -0.2) is 11.2 Å². The third-order valence-electron chi connectivity index (χ3n) is 5.25. The van der Waals surface area contributed by atoms with Gasteiger partial charge in [-0.1, -0.05) is 19.9 Å². The Kier molecular flexibility index (Phi) is 4.02. The highest BCUT2D eigenvalue weighted by Crippen LogP contribution is 2.35. The summed E-state index contributed by atoms with van der Waals surface area (Å²) in [6.45, 7) is 4.67. The van der Waals surface area contributed by atoms with E-state index in [1.54, 1.807) is 0 Å². The molecule has 2 aliphatic rings. The minimum Gasteiger partial charge on any atom is -0.490 e. The molecule has 0 aromatic heterocycles. The van der Waals surface area contributed by atoms with Crippen molar-refractivity contribution in [2.75, 3.05) is 0 Å². The summed E-state index contributed by atoms with van der Waals surface area (Å²) in [7, 11) is 0. The van der Waals surface area contributed by atoms with E-state index >= 15 is 0 Å². The molecule has 0 heterocycles. The quantitative estimate of drug-likeness (QED) is 0.873. The van der Waals surface area contributed by atoms with Crippen molar-refractivity contribution in [3.63, 3.8) is 0 Å². The lowest BCUT2D eigenvalue weighted by Gasteiger charge is -2.32. The van der Waals surface area contributed by atoms with Gasteiger partial charge >= 0.3 is 0 Å². The molecule has 3 rings (SSSR count). The van der Waals surface area contributed by atoms with Gasteiger partial charge in [-0.2, -0.15) is 0 Å². The number of hydrogen-bond donors (Lipinski definition) is 1. The first kappa shape index (κ1) is 13.9. The highest BCUT2D eigenvalue weighted by molar-refractivity contribution is 5.38. The van der Waals surface area contributed by atoms with E-state index in [4.69, 9.17) is 4.74 Å². The van der Waals surface area contributed by atoms with Gasteiger partial charge < -0.3 is 9.84 Å². The molecule has 1 saturated carbocycles. The summed E-state index contributed by atoms with van der Waals surface area (Å²) < 4.78 is 6.18. The van der Waals surface area contributed by atoms with Crippen molar-refractivity contribution in [1.82, 2.24) is 0 Å². The number of ether oxygens (including phenoxy) is 1. The molecule has 2 heteroatoms. The predicted octanol–water partition coefficient (Wildman–Crippen LogP) is 4.26. The number of aryl methyl sites for hydroxylation is 1. The molecule has 0 aliphatic heterocycles. The molecule has 110 valence electrons. The summed E-state index contributed by atoms with van der Waals surface area (Å²) >= 11 is 0. The third-order valence-corrected chi connectivity index (χ3v) is 5.25. The van der Waals surface area contributed by atoms with Crippen LogP contribution in [0.3, 0.4) is 0 Å². The second-order valence-corrected chi connectivity index (χ2v) is 6.78. The normalized spacial score (nSPS) is 33.5. The van der Waals surface area contributed by atoms with Crippen molar-refractivity contribution in [1.29, 1.82) is 0 Å². The summed E-state index contributed by atoms with van der Waals surface area (Å²) in [5.41, 5.74) is 2.38. The van der Waals surface area contributed by atoms with Crippen LogP contribution in [0.25, 0.3) is 0 Å². The molecule has 0 amide bonds. The highest BCUT2D eigenvalue weighted by Gasteiger charge is 2.26. The SMILES string of the molecule is CC1CCC(Oc2ccc3c(c2)C(O)CCC3)CC1C. The number of fused-ring (bicyclic) bond motifs is 1. The van der Waals surface area contributed by atoms with Crippen LogP contribution in [0.5, 0.6) is 5.75 Å². The maximum Gasteiger partial charge on any atom is 0.120 e. The summed E-state index contributed by atoms with van der Waals surface area (Å²) in [5.74, 6) is 2.51. The Bertz CT molecular complexity index is 468. The fourth-order valence-corrected chi connectivity index (χ4v) is 3.62. The fourth-order valence-electron chi connectivity index (χ4n) is 3.62. The Labute approximate surface area is 122 Å². The number of aliphatic hydroxyl groups excluding tert-OH is 1. The molecular formula is C18H26O2. The standard InChI is InChI=1S/C18H26O2/c1-12-6-8-15(10-13(12)2)20-16-9-7-14-4-3-5-18(19)17(14)11-16/h7,9,11-13,15,18-19H,3-6,8,10H2,1-2H3. The first-order valence-corrected chi connectivity index (χ1v) is 8.11. The molecule has 0 radical (unpaired) electrons. The van der Waals surface area contributed by atoms with Crippen LogP contribution in [0.1, 0.15) is 63.2 Å². The van der Waals surface area contributed by atoms with E-state index < -0.39 is 0 Å². The lowest BCUT2D eigenvalue weighted by Crippen LogP contribution is -2.28. The zero-order valence-corrected chi connectivity index (χ0v) is 12.6. The first-order chi connectivity index (χ1) is 9.63.